The van der Waals surface area contributed by atoms with E-state index in [1.54, 1.807) is 6.92 Å². The predicted molar refractivity (Wildman–Crippen MR) is 68.2 cm³/mol. The average Bonchev–Trinajstić information content (AvgIpc) is 3.00. The highest BCUT2D eigenvalue weighted by Crippen LogP contribution is 2.18. The Morgan fingerprint density at radius 2 is 2.47 bits per heavy atom. The van der Waals surface area contributed by atoms with Crippen molar-refractivity contribution in [2.75, 3.05) is 26.8 Å². The largest absolute Gasteiger partial charge is 0.461 e. The van der Waals surface area contributed by atoms with E-state index in [0.29, 0.717) is 19.3 Å². The van der Waals surface area contributed by atoms with Gasteiger partial charge in [-0.1, -0.05) is 0 Å². The van der Waals surface area contributed by atoms with E-state index in [9.17, 15) is 4.79 Å². The molecule has 1 aliphatic rings. The fourth-order valence-electron chi connectivity index (χ4n) is 2.25. The molecule has 0 aliphatic carbocycles. The molecule has 0 amide bonds. The van der Waals surface area contributed by atoms with E-state index in [0.717, 1.165) is 13.0 Å². The molecule has 0 N–H and O–H groups in total. The molecule has 0 spiro atoms. The minimum atomic E-state index is -0.489. The lowest BCUT2D eigenvalue weighted by atomic mass is 10.2. The summed E-state index contributed by atoms with van der Waals surface area (Å²) in [4.78, 5) is 17.6. The number of carbonyl (C=O) groups excluding carboxylic acids is 1. The van der Waals surface area contributed by atoms with Gasteiger partial charge in [-0.15, -0.1) is 0 Å². The highest BCUT2D eigenvalue weighted by Gasteiger charge is 2.21. The number of ether oxygens (including phenoxy) is 2. The van der Waals surface area contributed by atoms with Crippen LogP contribution in [-0.2, 0) is 4.74 Å². The van der Waals surface area contributed by atoms with Gasteiger partial charge in [-0.25, -0.2) is 4.79 Å². The van der Waals surface area contributed by atoms with Gasteiger partial charge in [0.2, 0.25) is 0 Å². The molecular formula is C13H20N2O4. The van der Waals surface area contributed by atoms with Gasteiger partial charge in [-0.2, -0.15) is 4.98 Å². The van der Waals surface area contributed by atoms with Crippen LogP contribution in [0.15, 0.2) is 10.7 Å². The molecule has 19 heavy (non-hydrogen) atoms. The summed E-state index contributed by atoms with van der Waals surface area (Å²) in [6.07, 6.45) is 4.78. The molecule has 0 bridgehead atoms. The SMILES string of the molecule is CCOC(=O)c1coc(OCCC2CCCN2C)n1. The Hall–Kier alpha value is -1.56. The smallest absolute Gasteiger partial charge is 0.394 e. The van der Waals surface area contributed by atoms with Gasteiger partial charge >= 0.3 is 12.0 Å². The Labute approximate surface area is 112 Å². The van der Waals surface area contributed by atoms with Crippen LogP contribution in [-0.4, -0.2) is 48.7 Å². The molecule has 6 heteroatoms. The zero-order valence-electron chi connectivity index (χ0n) is 11.4. The Bertz CT molecular complexity index is 419. The van der Waals surface area contributed by atoms with Gasteiger partial charge in [-0.05, 0) is 39.8 Å². The van der Waals surface area contributed by atoms with Crippen molar-refractivity contribution in [3.8, 4) is 6.08 Å². The van der Waals surface area contributed by atoms with E-state index >= 15 is 0 Å². The molecule has 106 valence electrons. The fraction of sp³-hybridized carbons (Fsp3) is 0.692. The van der Waals surface area contributed by atoms with Gasteiger partial charge < -0.3 is 18.8 Å². The maximum atomic E-state index is 11.4. The minimum absolute atomic E-state index is 0.128. The van der Waals surface area contributed by atoms with Crippen molar-refractivity contribution in [3.63, 3.8) is 0 Å². The maximum absolute atomic E-state index is 11.4. The number of rotatable bonds is 6. The zero-order valence-corrected chi connectivity index (χ0v) is 11.4. The van der Waals surface area contributed by atoms with Crippen molar-refractivity contribution in [3.05, 3.63) is 12.0 Å². The predicted octanol–water partition coefficient (Wildman–Crippen LogP) is 1.71. The summed E-state index contributed by atoms with van der Waals surface area (Å²) in [6.45, 7) is 3.75. The Morgan fingerprint density at radius 1 is 1.63 bits per heavy atom. The van der Waals surface area contributed by atoms with E-state index in [-0.39, 0.29) is 11.8 Å². The first-order chi connectivity index (χ1) is 9.20. The van der Waals surface area contributed by atoms with E-state index in [1.807, 2.05) is 0 Å². The quantitative estimate of drug-likeness (QED) is 0.732. The summed E-state index contributed by atoms with van der Waals surface area (Å²) >= 11 is 0. The Balaban J connectivity index is 1.75. The van der Waals surface area contributed by atoms with Gasteiger partial charge in [0.25, 0.3) is 0 Å². The number of likely N-dealkylation sites (tertiary alicyclic amines) is 1. The van der Waals surface area contributed by atoms with E-state index < -0.39 is 5.97 Å². The van der Waals surface area contributed by atoms with Gasteiger partial charge in [0.15, 0.2) is 5.69 Å². The summed E-state index contributed by atoms with van der Waals surface area (Å²) in [5.41, 5.74) is 0.148. The molecule has 1 unspecified atom stereocenters. The van der Waals surface area contributed by atoms with Crippen LogP contribution in [0.4, 0.5) is 0 Å². The summed E-state index contributed by atoms with van der Waals surface area (Å²) in [5.74, 6) is -0.489. The molecule has 1 fully saturated rings. The Kier molecular flexibility index (Phi) is 4.79. The number of aromatic nitrogens is 1. The van der Waals surface area contributed by atoms with Crippen LogP contribution in [0, 0.1) is 0 Å². The van der Waals surface area contributed by atoms with E-state index in [4.69, 9.17) is 13.9 Å². The van der Waals surface area contributed by atoms with Crippen molar-refractivity contribution in [2.24, 2.45) is 0 Å². The lowest BCUT2D eigenvalue weighted by Crippen LogP contribution is -2.26. The molecule has 2 heterocycles. The Morgan fingerprint density at radius 3 is 3.16 bits per heavy atom. The number of hydrogen-bond acceptors (Lipinski definition) is 6. The second kappa shape index (κ2) is 6.56. The van der Waals surface area contributed by atoms with Crippen molar-refractivity contribution < 1.29 is 18.7 Å². The first kappa shape index (κ1) is 13.9. The molecule has 0 aromatic carbocycles. The number of carbonyl (C=O) groups is 1. The molecule has 6 nitrogen and oxygen atoms in total. The molecular weight excluding hydrogens is 248 g/mol. The highest BCUT2D eigenvalue weighted by atomic mass is 16.6. The van der Waals surface area contributed by atoms with Crippen molar-refractivity contribution in [2.45, 2.75) is 32.2 Å². The van der Waals surface area contributed by atoms with Gasteiger partial charge in [0.1, 0.15) is 6.26 Å². The lowest BCUT2D eigenvalue weighted by molar-refractivity contribution is 0.0519. The molecule has 1 aliphatic heterocycles. The topological polar surface area (TPSA) is 64.8 Å². The molecule has 1 aromatic rings. The van der Waals surface area contributed by atoms with Gasteiger partial charge in [0.05, 0.1) is 13.2 Å². The van der Waals surface area contributed by atoms with Crippen molar-refractivity contribution >= 4 is 5.97 Å². The third kappa shape index (κ3) is 3.70. The summed E-state index contributed by atoms with van der Waals surface area (Å²) in [7, 11) is 2.13. The summed E-state index contributed by atoms with van der Waals surface area (Å²) in [6, 6.07) is 0.569. The average molecular weight is 268 g/mol. The van der Waals surface area contributed by atoms with Crippen LogP contribution in [0.25, 0.3) is 0 Å². The maximum Gasteiger partial charge on any atom is 0.394 e. The highest BCUT2D eigenvalue weighted by molar-refractivity contribution is 5.86. The van der Waals surface area contributed by atoms with E-state index in [2.05, 4.69) is 16.9 Å². The van der Waals surface area contributed by atoms with Crippen molar-refractivity contribution in [1.82, 2.24) is 9.88 Å². The van der Waals surface area contributed by atoms with Crippen molar-refractivity contribution in [1.29, 1.82) is 0 Å². The zero-order chi connectivity index (χ0) is 13.7. The normalized spacial score (nSPS) is 19.6. The minimum Gasteiger partial charge on any atom is -0.461 e. The number of hydrogen-bond donors (Lipinski definition) is 0. The third-order valence-electron chi connectivity index (χ3n) is 3.32. The number of oxazole rings is 1. The lowest BCUT2D eigenvalue weighted by Gasteiger charge is -2.18. The van der Waals surface area contributed by atoms with Crippen LogP contribution < -0.4 is 4.74 Å². The standard InChI is InChI=1S/C13H20N2O4/c1-3-17-12(16)11-9-19-13(14-11)18-8-6-10-5-4-7-15(10)2/h9-10H,3-8H2,1-2H3. The first-order valence-electron chi connectivity index (χ1n) is 6.66. The second-order valence-electron chi connectivity index (χ2n) is 4.63. The van der Waals surface area contributed by atoms with Gasteiger partial charge in [0, 0.05) is 6.04 Å². The van der Waals surface area contributed by atoms with Gasteiger partial charge in [-0.3, -0.25) is 0 Å². The molecule has 2 rings (SSSR count). The van der Waals surface area contributed by atoms with Crippen LogP contribution in [0.3, 0.4) is 0 Å². The number of esters is 1. The number of nitrogens with zero attached hydrogens (tertiary/aromatic N) is 2. The molecule has 1 atom stereocenters. The monoisotopic (exact) mass is 268 g/mol. The summed E-state index contributed by atoms with van der Waals surface area (Å²) in [5, 5.41) is 0. The molecule has 1 saturated heterocycles. The first-order valence-corrected chi connectivity index (χ1v) is 6.66. The molecule has 0 saturated carbocycles. The van der Waals surface area contributed by atoms with Crippen LogP contribution in [0.2, 0.25) is 0 Å². The summed E-state index contributed by atoms with van der Waals surface area (Å²) < 4.78 is 15.3. The molecule has 1 aromatic heterocycles. The third-order valence-corrected chi connectivity index (χ3v) is 3.32. The van der Waals surface area contributed by atoms with Crippen LogP contribution in [0.5, 0.6) is 6.08 Å². The fourth-order valence-corrected chi connectivity index (χ4v) is 2.25. The molecule has 0 radical (unpaired) electrons. The second-order valence-corrected chi connectivity index (χ2v) is 4.63. The van der Waals surface area contributed by atoms with E-state index in [1.165, 1.54) is 19.1 Å². The van der Waals surface area contributed by atoms with Crippen LogP contribution >= 0.6 is 0 Å². The van der Waals surface area contributed by atoms with Crippen LogP contribution in [0.1, 0.15) is 36.7 Å².